The summed E-state index contributed by atoms with van der Waals surface area (Å²) >= 11 is 1.26. The minimum Gasteiger partial charge on any atom is -0.459 e. The van der Waals surface area contributed by atoms with Crippen molar-refractivity contribution in [3.63, 3.8) is 0 Å². The molecular formula is C10H13N3O4S. The van der Waals surface area contributed by atoms with Gasteiger partial charge in [0.25, 0.3) is 0 Å². The Kier molecular flexibility index (Phi) is 5.78. The van der Waals surface area contributed by atoms with Crippen molar-refractivity contribution in [1.29, 1.82) is 0 Å². The van der Waals surface area contributed by atoms with E-state index in [0.29, 0.717) is 5.75 Å². The highest BCUT2D eigenvalue weighted by Gasteiger charge is 2.09. The van der Waals surface area contributed by atoms with Crippen LogP contribution >= 0.6 is 11.8 Å². The van der Waals surface area contributed by atoms with Gasteiger partial charge in [0.15, 0.2) is 5.76 Å². The molecule has 0 spiro atoms. The number of hydrogen-bond acceptors (Lipinski definition) is 5. The van der Waals surface area contributed by atoms with Crippen LogP contribution in [0.15, 0.2) is 22.8 Å². The summed E-state index contributed by atoms with van der Waals surface area (Å²) in [5.41, 5.74) is 9.37. The van der Waals surface area contributed by atoms with Crippen LogP contribution in [0.2, 0.25) is 0 Å². The maximum absolute atomic E-state index is 11.3. The number of thioether (sulfide) groups is 1. The minimum absolute atomic E-state index is 0.110. The number of carbonyl (C=O) groups is 3. The number of amides is 3. The maximum atomic E-state index is 11.3. The first-order chi connectivity index (χ1) is 8.59. The summed E-state index contributed by atoms with van der Waals surface area (Å²) in [7, 11) is 0. The van der Waals surface area contributed by atoms with E-state index in [0.717, 1.165) is 0 Å². The van der Waals surface area contributed by atoms with Crippen molar-refractivity contribution in [3.8, 4) is 0 Å². The van der Waals surface area contributed by atoms with Crippen LogP contribution in [-0.4, -0.2) is 29.2 Å². The second-order valence-corrected chi connectivity index (χ2v) is 4.35. The number of hydrogen-bond donors (Lipinski definition) is 3. The van der Waals surface area contributed by atoms with Crippen LogP contribution in [0.3, 0.4) is 0 Å². The zero-order valence-corrected chi connectivity index (χ0v) is 10.3. The fourth-order valence-electron chi connectivity index (χ4n) is 0.996. The Morgan fingerprint density at radius 3 is 2.72 bits per heavy atom. The summed E-state index contributed by atoms with van der Waals surface area (Å²) in [6, 6.07) is 3.04. The molecular weight excluding hydrogens is 258 g/mol. The Hall–Kier alpha value is -1.96. The van der Waals surface area contributed by atoms with Crippen LogP contribution in [0.5, 0.6) is 0 Å². The Balaban J connectivity index is 2.13. The number of rotatable bonds is 6. The number of carbonyl (C=O) groups excluding carboxylic acids is 3. The lowest BCUT2D eigenvalue weighted by Gasteiger charge is -2.05. The van der Waals surface area contributed by atoms with Crippen molar-refractivity contribution in [1.82, 2.24) is 10.9 Å². The SMILES string of the molecule is NC(=O)CSCCC(=O)NNC(=O)c1ccco1. The third-order valence-corrected chi connectivity index (χ3v) is 2.76. The molecule has 3 amide bonds. The van der Waals surface area contributed by atoms with Crippen molar-refractivity contribution >= 4 is 29.5 Å². The molecule has 0 saturated heterocycles. The van der Waals surface area contributed by atoms with E-state index in [1.54, 1.807) is 6.07 Å². The van der Waals surface area contributed by atoms with Crippen LogP contribution in [0, 0.1) is 0 Å². The molecule has 1 aromatic heterocycles. The highest BCUT2D eigenvalue weighted by Crippen LogP contribution is 2.01. The predicted octanol–water partition coefficient (Wildman–Crippen LogP) is -0.351. The van der Waals surface area contributed by atoms with Gasteiger partial charge in [-0.15, -0.1) is 0 Å². The van der Waals surface area contributed by atoms with Crippen LogP contribution in [0.1, 0.15) is 17.0 Å². The van der Waals surface area contributed by atoms with Gasteiger partial charge in [0.05, 0.1) is 12.0 Å². The molecule has 1 heterocycles. The Labute approximate surface area is 107 Å². The molecule has 0 atom stereocenters. The molecule has 4 N–H and O–H groups in total. The average molecular weight is 271 g/mol. The summed E-state index contributed by atoms with van der Waals surface area (Å²) < 4.78 is 4.83. The van der Waals surface area contributed by atoms with E-state index in [2.05, 4.69) is 10.9 Å². The monoisotopic (exact) mass is 271 g/mol. The van der Waals surface area contributed by atoms with Crippen LogP contribution in [-0.2, 0) is 9.59 Å². The minimum atomic E-state index is -0.530. The fourth-order valence-corrected chi connectivity index (χ4v) is 1.67. The molecule has 0 fully saturated rings. The molecule has 18 heavy (non-hydrogen) atoms. The van der Waals surface area contributed by atoms with E-state index < -0.39 is 11.8 Å². The van der Waals surface area contributed by atoms with E-state index in [1.165, 1.54) is 24.1 Å². The summed E-state index contributed by atoms with van der Waals surface area (Å²) in [4.78, 5) is 33.0. The van der Waals surface area contributed by atoms with E-state index in [9.17, 15) is 14.4 Å². The molecule has 0 unspecified atom stereocenters. The van der Waals surface area contributed by atoms with Gasteiger partial charge in [-0.2, -0.15) is 11.8 Å². The zero-order chi connectivity index (χ0) is 13.4. The Morgan fingerprint density at radius 2 is 2.11 bits per heavy atom. The third-order valence-electron chi connectivity index (χ3n) is 1.78. The smallest absolute Gasteiger partial charge is 0.305 e. The largest absolute Gasteiger partial charge is 0.459 e. The van der Waals surface area contributed by atoms with Crippen molar-refractivity contribution in [3.05, 3.63) is 24.2 Å². The lowest BCUT2D eigenvalue weighted by Crippen LogP contribution is -2.41. The first-order valence-electron chi connectivity index (χ1n) is 5.08. The number of primary amides is 1. The first kappa shape index (κ1) is 14.1. The number of nitrogens with two attached hydrogens (primary N) is 1. The second-order valence-electron chi connectivity index (χ2n) is 3.25. The van der Waals surface area contributed by atoms with E-state index >= 15 is 0 Å². The summed E-state index contributed by atoms with van der Waals surface area (Å²) in [5, 5.41) is 0. The molecule has 0 radical (unpaired) electrons. The van der Waals surface area contributed by atoms with E-state index in [4.69, 9.17) is 10.2 Å². The summed E-state index contributed by atoms with van der Waals surface area (Å²) in [6.45, 7) is 0. The van der Waals surface area contributed by atoms with Crippen molar-refractivity contribution in [2.75, 3.05) is 11.5 Å². The maximum Gasteiger partial charge on any atom is 0.305 e. The molecule has 98 valence electrons. The number of furan rings is 1. The predicted molar refractivity (Wildman–Crippen MR) is 65.5 cm³/mol. The molecule has 7 nitrogen and oxygen atoms in total. The molecule has 0 bridgehead atoms. The quantitative estimate of drug-likeness (QED) is 0.483. The second kappa shape index (κ2) is 7.38. The molecule has 8 heteroatoms. The fraction of sp³-hybridized carbons (Fsp3) is 0.300. The Bertz CT molecular complexity index is 419. The van der Waals surface area contributed by atoms with Crippen LogP contribution in [0.4, 0.5) is 0 Å². The number of hydrazine groups is 1. The van der Waals surface area contributed by atoms with E-state index in [-0.39, 0.29) is 23.8 Å². The van der Waals surface area contributed by atoms with Crippen molar-refractivity contribution < 1.29 is 18.8 Å². The first-order valence-corrected chi connectivity index (χ1v) is 6.24. The molecule has 0 aliphatic carbocycles. The number of nitrogens with one attached hydrogen (secondary N) is 2. The van der Waals surface area contributed by atoms with Gasteiger partial charge in [0.2, 0.25) is 11.8 Å². The average Bonchev–Trinajstić information content (AvgIpc) is 2.85. The molecule has 1 rings (SSSR count). The van der Waals surface area contributed by atoms with Crippen molar-refractivity contribution in [2.24, 2.45) is 5.73 Å². The third kappa shape index (κ3) is 5.39. The topological polar surface area (TPSA) is 114 Å². The van der Waals surface area contributed by atoms with Gasteiger partial charge in [-0.25, -0.2) is 0 Å². The molecule has 0 aliphatic rings. The highest BCUT2D eigenvalue weighted by atomic mass is 32.2. The molecule has 0 saturated carbocycles. The lowest BCUT2D eigenvalue weighted by molar-refractivity contribution is -0.121. The molecule has 0 aromatic carbocycles. The van der Waals surface area contributed by atoms with Gasteiger partial charge in [0.1, 0.15) is 0 Å². The lowest BCUT2D eigenvalue weighted by atomic mass is 10.4. The Morgan fingerprint density at radius 1 is 1.33 bits per heavy atom. The van der Waals surface area contributed by atoms with E-state index in [1.807, 2.05) is 0 Å². The van der Waals surface area contributed by atoms with Gasteiger partial charge in [0, 0.05) is 12.2 Å². The summed E-state index contributed by atoms with van der Waals surface area (Å²) in [6.07, 6.45) is 1.54. The van der Waals surface area contributed by atoms with Gasteiger partial charge in [-0.3, -0.25) is 25.2 Å². The van der Waals surface area contributed by atoms with Gasteiger partial charge in [-0.05, 0) is 12.1 Å². The normalized spacial score (nSPS) is 9.78. The van der Waals surface area contributed by atoms with Crippen molar-refractivity contribution in [2.45, 2.75) is 6.42 Å². The van der Waals surface area contributed by atoms with Crippen LogP contribution in [0.25, 0.3) is 0 Å². The van der Waals surface area contributed by atoms with Gasteiger partial charge < -0.3 is 10.2 Å². The van der Waals surface area contributed by atoms with Crippen LogP contribution < -0.4 is 16.6 Å². The zero-order valence-electron chi connectivity index (χ0n) is 9.47. The highest BCUT2D eigenvalue weighted by molar-refractivity contribution is 7.99. The van der Waals surface area contributed by atoms with Gasteiger partial charge >= 0.3 is 5.91 Å². The van der Waals surface area contributed by atoms with Gasteiger partial charge in [-0.1, -0.05) is 0 Å². The summed E-state index contributed by atoms with van der Waals surface area (Å²) in [5.74, 6) is -0.577. The molecule has 1 aromatic rings. The molecule has 0 aliphatic heterocycles. The standard InChI is InChI=1S/C10H13N3O4S/c11-8(14)6-18-5-3-9(15)12-13-10(16)7-2-1-4-17-7/h1-2,4H,3,5-6H2,(H2,11,14)(H,12,15)(H,13,16).